The van der Waals surface area contributed by atoms with Crippen LogP contribution in [0.2, 0.25) is 5.02 Å². The highest BCUT2D eigenvalue weighted by Gasteiger charge is 2.23. The zero-order valence-electron chi connectivity index (χ0n) is 12.5. The Morgan fingerprint density at radius 2 is 2.05 bits per heavy atom. The van der Waals surface area contributed by atoms with Gasteiger partial charge in [-0.2, -0.15) is 0 Å². The van der Waals surface area contributed by atoms with Crippen LogP contribution in [0.4, 0.5) is 0 Å². The molecule has 0 radical (unpaired) electrons. The Morgan fingerprint density at radius 1 is 1.35 bits per heavy atom. The fourth-order valence-corrected chi connectivity index (χ4v) is 2.30. The lowest BCUT2D eigenvalue weighted by Gasteiger charge is -2.27. The van der Waals surface area contributed by atoms with Crippen LogP contribution >= 0.6 is 11.6 Å². The molecule has 1 aromatic carbocycles. The van der Waals surface area contributed by atoms with Gasteiger partial charge in [0.15, 0.2) is 0 Å². The van der Waals surface area contributed by atoms with E-state index in [1.54, 1.807) is 0 Å². The Labute approximate surface area is 126 Å². The fourth-order valence-electron chi connectivity index (χ4n) is 2.17. The Kier molecular flexibility index (Phi) is 5.44. The normalized spacial score (nSPS) is 21.1. The van der Waals surface area contributed by atoms with Crippen LogP contribution < -0.4 is 5.32 Å². The lowest BCUT2D eigenvalue weighted by atomic mass is 10.1. The van der Waals surface area contributed by atoms with Crippen molar-refractivity contribution in [2.75, 3.05) is 19.8 Å². The highest BCUT2D eigenvalue weighted by Crippen LogP contribution is 2.24. The second kappa shape index (κ2) is 6.90. The summed E-state index contributed by atoms with van der Waals surface area (Å²) < 4.78 is 11.6. The van der Waals surface area contributed by atoms with Gasteiger partial charge in [0, 0.05) is 23.7 Å². The van der Waals surface area contributed by atoms with E-state index in [1.165, 1.54) is 0 Å². The first kappa shape index (κ1) is 15.8. The third kappa shape index (κ3) is 5.06. The van der Waals surface area contributed by atoms with E-state index in [0.29, 0.717) is 6.61 Å². The molecule has 0 saturated carbocycles. The molecule has 20 heavy (non-hydrogen) atoms. The van der Waals surface area contributed by atoms with E-state index < -0.39 is 0 Å². The Bertz CT molecular complexity index is 407. The Hall–Kier alpha value is -0.610. The SMILES string of the molecule is CC(C)(C)NCC(OC1CCOC1)c1ccc(Cl)cc1. The fraction of sp³-hybridized carbons (Fsp3) is 0.625. The summed E-state index contributed by atoms with van der Waals surface area (Å²) in [6.45, 7) is 8.74. The molecule has 1 fully saturated rings. The third-order valence-corrected chi connectivity index (χ3v) is 3.56. The van der Waals surface area contributed by atoms with Gasteiger partial charge < -0.3 is 14.8 Å². The van der Waals surface area contributed by atoms with Gasteiger partial charge in [0.1, 0.15) is 0 Å². The van der Waals surface area contributed by atoms with E-state index in [1.807, 2.05) is 24.3 Å². The summed E-state index contributed by atoms with van der Waals surface area (Å²) in [5, 5.41) is 4.26. The number of benzene rings is 1. The van der Waals surface area contributed by atoms with Crippen molar-refractivity contribution in [3.05, 3.63) is 34.9 Å². The quantitative estimate of drug-likeness (QED) is 0.901. The van der Waals surface area contributed by atoms with Crippen molar-refractivity contribution < 1.29 is 9.47 Å². The van der Waals surface area contributed by atoms with Crippen molar-refractivity contribution in [1.82, 2.24) is 5.32 Å². The molecule has 1 aliphatic rings. The zero-order valence-corrected chi connectivity index (χ0v) is 13.2. The predicted molar refractivity (Wildman–Crippen MR) is 82.3 cm³/mol. The van der Waals surface area contributed by atoms with Gasteiger partial charge in [0.2, 0.25) is 0 Å². The summed E-state index contributed by atoms with van der Waals surface area (Å²) in [4.78, 5) is 0. The third-order valence-electron chi connectivity index (χ3n) is 3.30. The maximum Gasteiger partial charge on any atom is 0.0954 e. The van der Waals surface area contributed by atoms with Crippen LogP contribution in [0.15, 0.2) is 24.3 Å². The van der Waals surface area contributed by atoms with Gasteiger partial charge in [-0.15, -0.1) is 0 Å². The molecule has 1 saturated heterocycles. The molecule has 112 valence electrons. The van der Waals surface area contributed by atoms with E-state index in [4.69, 9.17) is 21.1 Å². The molecule has 0 aromatic heterocycles. The van der Waals surface area contributed by atoms with Crippen LogP contribution in [0.25, 0.3) is 0 Å². The summed E-state index contributed by atoms with van der Waals surface area (Å²) in [6.07, 6.45) is 1.19. The number of nitrogens with one attached hydrogen (secondary N) is 1. The minimum atomic E-state index is 0.0261. The van der Waals surface area contributed by atoms with E-state index in [-0.39, 0.29) is 17.7 Å². The second-order valence-electron chi connectivity index (χ2n) is 6.29. The topological polar surface area (TPSA) is 30.5 Å². The predicted octanol–water partition coefficient (Wildman–Crippen LogP) is 3.57. The second-order valence-corrected chi connectivity index (χ2v) is 6.73. The van der Waals surface area contributed by atoms with Gasteiger partial charge >= 0.3 is 0 Å². The number of rotatable bonds is 5. The van der Waals surface area contributed by atoms with Gasteiger partial charge in [-0.25, -0.2) is 0 Å². The molecule has 0 amide bonds. The van der Waals surface area contributed by atoms with Crippen molar-refractivity contribution in [3.8, 4) is 0 Å². The summed E-state index contributed by atoms with van der Waals surface area (Å²) >= 11 is 5.96. The first-order valence-corrected chi connectivity index (χ1v) is 7.55. The van der Waals surface area contributed by atoms with Crippen molar-refractivity contribution in [2.24, 2.45) is 0 Å². The van der Waals surface area contributed by atoms with Gasteiger partial charge in [0.25, 0.3) is 0 Å². The molecule has 1 N–H and O–H groups in total. The summed E-state index contributed by atoms with van der Waals surface area (Å²) in [5.74, 6) is 0. The highest BCUT2D eigenvalue weighted by molar-refractivity contribution is 6.30. The van der Waals surface area contributed by atoms with Crippen LogP contribution in [-0.2, 0) is 9.47 Å². The smallest absolute Gasteiger partial charge is 0.0954 e. The van der Waals surface area contributed by atoms with E-state index in [2.05, 4.69) is 26.1 Å². The lowest BCUT2D eigenvalue weighted by Crippen LogP contribution is -2.39. The Balaban J connectivity index is 2.03. The molecule has 2 unspecified atom stereocenters. The molecule has 0 aliphatic carbocycles. The summed E-state index contributed by atoms with van der Waals surface area (Å²) in [6, 6.07) is 7.89. The Morgan fingerprint density at radius 3 is 2.60 bits per heavy atom. The van der Waals surface area contributed by atoms with Crippen LogP contribution in [0, 0.1) is 0 Å². The van der Waals surface area contributed by atoms with Crippen LogP contribution in [0.5, 0.6) is 0 Å². The van der Waals surface area contributed by atoms with Gasteiger partial charge in [-0.05, 0) is 44.9 Å². The van der Waals surface area contributed by atoms with Crippen LogP contribution in [0.3, 0.4) is 0 Å². The summed E-state index contributed by atoms with van der Waals surface area (Å²) in [5.41, 5.74) is 1.22. The number of hydrogen-bond acceptors (Lipinski definition) is 3. The average Bonchev–Trinajstić information content (AvgIpc) is 2.87. The molecule has 3 nitrogen and oxygen atoms in total. The molecule has 1 aromatic rings. The average molecular weight is 298 g/mol. The molecule has 2 atom stereocenters. The number of ether oxygens (including phenoxy) is 2. The highest BCUT2D eigenvalue weighted by atomic mass is 35.5. The maximum atomic E-state index is 6.20. The van der Waals surface area contributed by atoms with E-state index in [0.717, 1.165) is 30.2 Å². The van der Waals surface area contributed by atoms with Crippen molar-refractivity contribution >= 4 is 11.6 Å². The van der Waals surface area contributed by atoms with Crippen LogP contribution in [-0.4, -0.2) is 31.4 Å². The first-order chi connectivity index (χ1) is 9.44. The number of hydrogen-bond donors (Lipinski definition) is 1. The van der Waals surface area contributed by atoms with Gasteiger partial charge in [0.05, 0.1) is 18.8 Å². The molecule has 1 aliphatic heterocycles. The lowest BCUT2D eigenvalue weighted by molar-refractivity contribution is -0.0188. The molecule has 0 spiro atoms. The van der Waals surface area contributed by atoms with E-state index in [9.17, 15) is 0 Å². The van der Waals surface area contributed by atoms with Crippen molar-refractivity contribution in [3.63, 3.8) is 0 Å². The standard InChI is InChI=1S/C16H24ClNO2/c1-16(2,3)18-10-15(20-14-8-9-19-11-14)12-4-6-13(17)7-5-12/h4-7,14-15,18H,8-11H2,1-3H3. The first-order valence-electron chi connectivity index (χ1n) is 7.18. The monoisotopic (exact) mass is 297 g/mol. The van der Waals surface area contributed by atoms with Gasteiger partial charge in [-0.3, -0.25) is 0 Å². The largest absolute Gasteiger partial charge is 0.379 e. The minimum absolute atomic E-state index is 0.0261. The summed E-state index contributed by atoms with van der Waals surface area (Å²) in [7, 11) is 0. The molecular weight excluding hydrogens is 274 g/mol. The molecule has 4 heteroatoms. The van der Waals surface area contributed by atoms with E-state index >= 15 is 0 Å². The zero-order chi connectivity index (χ0) is 14.6. The number of halogens is 1. The molecule has 2 rings (SSSR count). The van der Waals surface area contributed by atoms with Crippen molar-refractivity contribution in [2.45, 2.75) is 44.9 Å². The minimum Gasteiger partial charge on any atom is -0.379 e. The van der Waals surface area contributed by atoms with Gasteiger partial charge in [-0.1, -0.05) is 23.7 Å². The maximum absolute atomic E-state index is 6.20. The molecular formula is C16H24ClNO2. The van der Waals surface area contributed by atoms with Crippen molar-refractivity contribution in [1.29, 1.82) is 0 Å². The molecule has 0 bridgehead atoms. The van der Waals surface area contributed by atoms with Crippen LogP contribution in [0.1, 0.15) is 38.9 Å². The molecule has 1 heterocycles.